The zero-order valence-corrected chi connectivity index (χ0v) is 15.6. The number of hydrogen-bond donors (Lipinski definition) is 1. The van der Waals surface area contributed by atoms with Crippen LogP contribution in [0.4, 0.5) is 0 Å². The summed E-state index contributed by atoms with van der Waals surface area (Å²) in [6.45, 7) is 2.16. The Morgan fingerprint density at radius 1 is 1.21 bits per heavy atom. The van der Waals surface area contributed by atoms with Crippen LogP contribution in [0, 0.1) is 0 Å². The fourth-order valence-corrected chi connectivity index (χ4v) is 2.57. The molecule has 3 rings (SSSR count). The Balaban J connectivity index is 1.52. The number of rotatable bonds is 8. The van der Waals surface area contributed by atoms with E-state index in [0.29, 0.717) is 18.1 Å². The number of para-hydroxylation sites is 1. The van der Waals surface area contributed by atoms with Gasteiger partial charge in [-0.2, -0.15) is 5.10 Å². The molecule has 0 aliphatic heterocycles. The third kappa shape index (κ3) is 4.79. The van der Waals surface area contributed by atoms with Gasteiger partial charge in [0.25, 0.3) is 5.91 Å². The van der Waals surface area contributed by atoms with E-state index in [4.69, 9.17) is 13.9 Å². The van der Waals surface area contributed by atoms with Gasteiger partial charge in [0.2, 0.25) is 5.76 Å². The minimum Gasteiger partial charge on any atom is -0.496 e. The second-order valence-electron chi connectivity index (χ2n) is 6.05. The van der Waals surface area contributed by atoms with Crippen molar-refractivity contribution in [3.63, 3.8) is 0 Å². The molecule has 0 radical (unpaired) electrons. The normalized spacial score (nSPS) is 11.6. The van der Waals surface area contributed by atoms with E-state index >= 15 is 0 Å². The SMILES string of the molecule is COc1ccccc1CNC(=O)C(C)OC(=O)c1ccc(Cn2cccn2)o1. The lowest BCUT2D eigenvalue weighted by Gasteiger charge is -2.14. The van der Waals surface area contributed by atoms with Gasteiger partial charge in [0.1, 0.15) is 11.5 Å². The molecule has 0 bridgehead atoms. The van der Waals surface area contributed by atoms with Crippen molar-refractivity contribution in [3.05, 3.63) is 71.9 Å². The van der Waals surface area contributed by atoms with Gasteiger partial charge in [-0.25, -0.2) is 4.79 Å². The Kier molecular flexibility index (Phi) is 6.11. The van der Waals surface area contributed by atoms with Gasteiger partial charge in [-0.05, 0) is 31.2 Å². The number of esters is 1. The largest absolute Gasteiger partial charge is 0.496 e. The van der Waals surface area contributed by atoms with E-state index in [9.17, 15) is 9.59 Å². The first-order valence-electron chi connectivity index (χ1n) is 8.73. The molecule has 0 fully saturated rings. The molecular weight excluding hydrogens is 362 g/mol. The molecule has 1 N–H and O–H groups in total. The first-order valence-corrected chi connectivity index (χ1v) is 8.73. The van der Waals surface area contributed by atoms with Crippen molar-refractivity contribution in [2.24, 2.45) is 0 Å². The van der Waals surface area contributed by atoms with Crippen molar-refractivity contribution in [3.8, 4) is 5.75 Å². The lowest BCUT2D eigenvalue weighted by molar-refractivity contribution is -0.129. The third-order valence-electron chi connectivity index (χ3n) is 4.04. The van der Waals surface area contributed by atoms with Crippen molar-refractivity contribution in [1.29, 1.82) is 0 Å². The van der Waals surface area contributed by atoms with Crippen LogP contribution in [-0.2, 0) is 22.6 Å². The van der Waals surface area contributed by atoms with Crippen LogP contribution < -0.4 is 10.1 Å². The average molecular weight is 383 g/mol. The molecule has 0 saturated heterocycles. The van der Waals surface area contributed by atoms with Crippen molar-refractivity contribution in [2.45, 2.75) is 26.1 Å². The predicted molar refractivity (Wildman–Crippen MR) is 99.8 cm³/mol. The number of benzene rings is 1. The first kappa shape index (κ1) is 19.2. The highest BCUT2D eigenvalue weighted by Crippen LogP contribution is 2.17. The van der Waals surface area contributed by atoms with Crippen LogP contribution in [0.5, 0.6) is 5.75 Å². The Morgan fingerprint density at radius 3 is 2.79 bits per heavy atom. The van der Waals surface area contributed by atoms with E-state index in [1.807, 2.05) is 24.3 Å². The topological polar surface area (TPSA) is 95.6 Å². The predicted octanol–water partition coefficient (Wildman–Crippen LogP) is 2.39. The van der Waals surface area contributed by atoms with Crippen LogP contribution in [0.1, 0.15) is 28.8 Å². The van der Waals surface area contributed by atoms with Gasteiger partial charge in [-0.3, -0.25) is 9.48 Å². The molecule has 3 aromatic rings. The molecule has 0 spiro atoms. The summed E-state index contributed by atoms with van der Waals surface area (Å²) in [7, 11) is 1.56. The maximum absolute atomic E-state index is 12.2. The van der Waals surface area contributed by atoms with Gasteiger partial charge in [0.15, 0.2) is 6.10 Å². The zero-order valence-electron chi connectivity index (χ0n) is 15.6. The molecule has 1 aromatic carbocycles. The number of furan rings is 1. The summed E-state index contributed by atoms with van der Waals surface area (Å²) in [4.78, 5) is 24.4. The summed E-state index contributed by atoms with van der Waals surface area (Å²) in [5.41, 5.74) is 0.825. The molecule has 28 heavy (non-hydrogen) atoms. The summed E-state index contributed by atoms with van der Waals surface area (Å²) in [6.07, 6.45) is 2.47. The molecule has 1 atom stereocenters. The first-order chi connectivity index (χ1) is 13.6. The molecule has 0 aliphatic carbocycles. The number of aromatic nitrogens is 2. The van der Waals surface area contributed by atoms with E-state index in [0.717, 1.165) is 5.56 Å². The van der Waals surface area contributed by atoms with Gasteiger partial charge in [0, 0.05) is 24.5 Å². The van der Waals surface area contributed by atoms with Crippen LogP contribution in [-0.4, -0.2) is 34.9 Å². The fraction of sp³-hybridized carbons (Fsp3) is 0.250. The third-order valence-corrected chi connectivity index (χ3v) is 4.04. The van der Waals surface area contributed by atoms with Gasteiger partial charge < -0.3 is 19.2 Å². The lowest BCUT2D eigenvalue weighted by atomic mass is 10.2. The van der Waals surface area contributed by atoms with E-state index in [2.05, 4.69) is 10.4 Å². The number of methoxy groups -OCH3 is 1. The minimum absolute atomic E-state index is 0.0338. The summed E-state index contributed by atoms with van der Waals surface area (Å²) >= 11 is 0. The lowest BCUT2D eigenvalue weighted by Crippen LogP contribution is -2.35. The Labute approximate surface area is 162 Å². The second-order valence-corrected chi connectivity index (χ2v) is 6.05. The number of amides is 1. The molecule has 2 heterocycles. The number of hydrogen-bond acceptors (Lipinski definition) is 6. The number of carbonyl (C=O) groups excluding carboxylic acids is 2. The molecule has 146 valence electrons. The highest BCUT2D eigenvalue weighted by molar-refractivity contribution is 5.90. The molecule has 1 unspecified atom stereocenters. The molecule has 8 nitrogen and oxygen atoms in total. The molecule has 2 aromatic heterocycles. The second kappa shape index (κ2) is 8.90. The maximum atomic E-state index is 12.2. The number of ether oxygens (including phenoxy) is 2. The van der Waals surface area contributed by atoms with Crippen LogP contribution in [0.25, 0.3) is 0 Å². The van der Waals surface area contributed by atoms with Crippen LogP contribution >= 0.6 is 0 Å². The quantitative estimate of drug-likeness (QED) is 0.600. The molecule has 0 aliphatic rings. The van der Waals surface area contributed by atoms with Crippen molar-refractivity contribution < 1.29 is 23.5 Å². The van der Waals surface area contributed by atoms with Gasteiger partial charge in [-0.1, -0.05) is 18.2 Å². The van der Waals surface area contributed by atoms with Crippen LogP contribution in [0.2, 0.25) is 0 Å². The zero-order chi connectivity index (χ0) is 19.9. The van der Waals surface area contributed by atoms with E-state index in [1.54, 1.807) is 36.3 Å². The summed E-state index contributed by atoms with van der Waals surface area (Å²) in [5.74, 6) is 0.150. The molecule has 0 saturated carbocycles. The van der Waals surface area contributed by atoms with E-state index in [1.165, 1.54) is 13.0 Å². The van der Waals surface area contributed by atoms with Crippen LogP contribution in [0.3, 0.4) is 0 Å². The Bertz CT molecular complexity index is 933. The van der Waals surface area contributed by atoms with Gasteiger partial charge in [0.05, 0.1) is 13.7 Å². The van der Waals surface area contributed by atoms with Crippen molar-refractivity contribution >= 4 is 11.9 Å². The molecule has 8 heteroatoms. The van der Waals surface area contributed by atoms with E-state index in [-0.39, 0.29) is 12.3 Å². The summed E-state index contributed by atoms with van der Waals surface area (Å²) in [6, 6.07) is 12.3. The van der Waals surface area contributed by atoms with Crippen molar-refractivity contribution in [1.82, 2.24) is 15.1 Å². The van der Waals surface area contributed by atoms with E-state index < -0.39 is 18.0 Å². The molecular formula is C20H21N3O5. The van der Waals surface area contributed by atoms with Crippen molar-refractivity contribution in [2.75, 3.05) is 7.11 Å². The standard InChI is InChI=1S/C20H21N3O5/c1-14(19(24)21-12-15-6-3-4-7-17(15)26-2)27-20(25)18-9-8-16(28-18)13-23-11-5-10-22-23/h3-11,14H,12-13H2,1-2H3,(H,21,24). The average Bonchev–Trinajstić information content (AvgIpc) is 3.38. The Morgan fingerprint density at radius 2 is 2.04 bits per heavy atom. The molecule has 1 amide bonds. The number of nitrogens with one attached hydrogen (secondary N) is 1. The highest BCUT2D eigenvalue weighted by Gasteiger charge is 2.21. The summed E-state index contributed by atoms with van der Waals surface area (Å²) in [5, 5.41) is 6.80. The number of carbonyl (C=O) groups is 2. The fourth-order valence-electron chi connectivity index (χ4n) is 2.57. The van der Waals surface area contributed by atoms with Crippen LogP contribution in [0.15, 0.2) is 59.3 Å². The highest BCUT2D eigenvalue weighted by atomic mass is 16.6. The van der Waals surface area contributed by atoms with Gasteiger partial charge >= 0.3 is 5.97 Å². The maximum Gasteiger partial charge on any atom is 0.375 e. The Hall–Kier alpha value is -3.55. The number of nitrogens with zero attached hydrogens (tertiary/aromatic N) is 2. The monoisotopic (exact) mass is 383 g/mol. The smallest absolute Gasteiger partial charge is 0.375 e. The minimum atomic E-state index is -0.970. The summed E-state index contributed by atoms with van der Waals surface area (Å²) < 4.78 is 17.6. The van der Waals surface area contributed by atoms with Gasteiger partial charge in [-0.15, -0.1) is 0 Å².